The molecule has 7 heteroatoms. The number of piperidine rings is 1. The topological polar surface area (TPSA) is 61.5 Å². The van der Waals surface area contributed by atoms with Gasteiger partial charge in [-0.1, -0.05) is 6.07 Å². The molecule has 0 unspecified atom stereocenters. The molecule has 0 spiro atoms. The Morgan fingerprint density at radius 2 is 2.04 bits per heavy atom. The van der Waals surface area contributed by atoms with Crippen molar-refractivity contribution in [3.8, 4) is 0 Å². The summed E-state index contributed by atoms with van der Waals surface area (Å²) in [5.74, 6) is 1.08. The van der Waals surface area contributed by atoms with E-state index in [2.05, 4.69) is 32.3 Å². The number of nitrogens with one attached hydrogen (secondary N) is 1. The number of aromatic nitrogens is 2. The number of ether oxygens (including phenoxy) is 1. The van der Waals surface area contributed by atoms with Gasteiger partial charge in [-0.05, 0) is 37.4 Å². The molecule has 0 atom stereocenters. The number of aromatic amines is 1. The summed E-state index contributed by atoms with van der Waals surface area (Å²) < 4.78 is 5.39. The van der Waals surface area contributed by atoms with Crippen LogP contribution in [-0.4, -0.2) is 54.3 Å². The van der Waals surface area contributed by atoms with E-state index in [9.17, 15) is 4.79 Å². The lowest BCUT2D eigenvalue weighted by molar-refractivity contribution is 0.122. The zero-order chi connectivity index (χ0) is 17.1. The molecule has 2 aromatic heterocycles. The van der Waals surface area contributed by atoms with E-state index < -0.39 is 0 Å². The maximum atomic E-state index is 12.1. The molecule has 0 aromatic carbocycles. The van der Waals surface area contributed by atoms with E-state index in [1.807, 2.05) is 11.3 Å². The molecule has 25 heavy (non-hydrogen) atoms. The Labute approximate surface area is 151 Å². The molecule has 2 aromatic rings. The van der Waals surface area contributed by atoms with Crippen LogP contribution in [0.15, 0.2) is 28.4 Å². The Kier molecular flexibility index (Phi) is 5.14. The zero-order valence-electron chi connectivity index (χ0n) is 14.3. The summed E-state index contributed by atoms with van der Waals surface area (Å²) >= 11 is 1.82. The Morgan fingerprint density at radius 1 is 1.24 bits per heavy atom. The lowest BCUT2D eigenvalue weighted by atomic mass is 9.93. The summed E-state index contributed by atoms with van der Waals surface area (Å²) in [4.78, 5) is 25.8. The predicted molar refractivity (Wildman–Crippen MR) is 99.5 cm³/mol. The number of hydrogen-bond donors (Lipinski definition) is 1. The molecule has 4 rings (SSSR count). The molecule has 2 fully saturated rings. The molecule has 1 N–H and O–H groups in total. The van der Waals surface area contributed by atoms with Crippen molar-refractivity contribution < 1.29 is 4.74 Å². The molecule has 0 saturated carbocycles. The predicted octanol–water partition coefficient (Wildman–Crippen LogP) is 2.05. The van der Waals surface area contributed by atoms with Gasteiger partial charge in [0.25, 0.3) is 5.56 Å². The number of rotatable bonds is 4. The molecule has 4 heterocycles. The van der Waals surface area contributed by atoms with Crippen LogP contribution in [0.3, 0.4) is 0 Å². The van der Waals surface area contributed by atoms with E-state index in [0.29, 0.717) is 25.1 Å². The summed E-state index contributed by atoms with van der Waals surface area (Å²) in [6.45, 7) is 6.10. The second kappa shape index (κ2) is 7.68. The summed E-state index contributed by atoms with van der Waals surface area (Å²) in [7, 11) is 0. The molecule has 2 saturated heterocycles. The van der Waals surface area contributed by atoms with E-state index in [-0.39, 0.29) is 5.56 Å². The van der Waals surface area contributed by atoms with Gasteiger partial charge in [-0.25, -0.2) is 4.98 Å². The summed E-state index contributed by atoms with van der Waals surface area (Å²) in [5, 5.41) is 2.13. The van der Waals surface area contributed by atoms with Crippen LogP contribution >= 0.6 is 11.3 Å². The van der Waals surface area contributed by atoms with Gasteiger partial charge in [0.05, 0.1) is 18.9 Å². The van der Waals surface area contributed by atoms with Gasteiger partial charge in [0.1, 0.15) is 0 Å². The fourth-order valence-corrected chi connectivity index (χ4v) is 4.35. The van der Waals surface area contributed by atoms with Crippen molar-refractivity contribution in [2.75, 3.05) is 44.3 Å². The van der Waals surface area contributed by atoms with Gasteiger partial charge in [0.15, 0.2) is 0 Å². The van der Waals surface area contributed by atoms with Crippen LogP contribution in [0.5, 0.6) is 0 Å². The van der Waals surface area contributed by atoms with Crippen molar-refractivity contribution in [1.82, 2.24) is 14.9 Å². The third-order valence-corrected chi connectivity index (χ3v) is 5.89. The van der Waals surface area contributed by atoms with Crippen molar-refractivity contribution in [3.63, 3.8) is 0 Å². The Balaban J connectivity index is 1.42. The summed E-state index contributed by atoms with van der Waals surface area (Å²) in [6.07, 6.45) is 2.12. The molecule has 2 aliphatic rings. The number of hydrogen-bond acceptors (Lipinski definition) is 6. The molecule has 134 valence electrons. The first kappa shape index (κ1) is 16.8. The van der Waals surface area contributed by atoms with Crippen LogP contribution in [0.1, 0.15) is 29.3 Å². The molecule has 0 aliphatic carbocycles. The van der Waals surface area contributed by atoms with Gasteiger partial charge in [-0.15, -0.1) is 11.3 Å². The van der Waals surface area contributed by atoms with Crippen LogP contribution in [-0.2, 0) is 11.3 Å². The number of morpholine rings is 1. The minimum atomic E-state index is -0.0486. The highest BCUT2D eigenvalue weighted by Gasteiger charge is 2.23. The first-order valence-electron chi connectivity index (χ1n) is 8.96. The fraction of sp³-hybridized carbons (Fsp3) is 0.556. The number of anilines is 1. The van der Waals surface area contributed by atoms with Crippen molar-refractivity contribution in [1.29, 1.82) is 0 Å². The van der Waals surface area contributed by atoms with Gasteiger partial charge < -0.3 is 9.64 Å². The molecule has 0 amide bonds. The average molecular weight is 360 g/mol. The van der Waals surface area contributed by atoms with Crippen LogP contribution in [0, 0.1) is 0 Å². The Morgan fingerprint density at radius 3 is 2.76 bits per heavy atom. The SMILES string of the molecule is O=c1cc(C2CCN(Cc3cccs3)CC2)nc(N2CCOCC2)[nH]1. The van der Waals surface area contributed by atoms with Crippen LogP contribution in [0.4, 0.5) is 5.95 Å². The van der Waals surface area contributed by atoms with E-state index in [1.165, 1.54) is 4.88 Å². The molecular weight excluding hydrogens is 336 g/mol. The fourth-order valence-electron chi connectivity index (χ4n) is 3.61. The standard InChI is InChI=1S/C18H24N4O2S/c23-17-12-16(19-18(20-17)22-7-9-24-10-8-22)14-3-5-21(6-4-14)13-15-2-1-11-25-15/h1-2,11-12,14H,3-10,13H2,(H,19,20,23). The maximum Gasteiger partial charge on any atom is 0.252 e. The van der Waals surface area contributed by atoms with Gasteiger partial charge >= 0.3 is 0 Å². The van der Waals surface area contributed by atoms with E-state index in [0.717, 1.165) is 51.3 Å². The highest BCUT2D eigenvalue weighted by molar-refractivity contribution is 7.09. The highest BCUT2D eigenvalue weighted by Crippen LogP contribution is 2.28. The Bertz CT molecular complexity index is 732. The van der Waals surface area contributed by atoms with Crippen molar-refractivity contribution >= 4 is 17.3 Å². The zero-order valence-corrected chi connectivity index (χ0v) is 15.1. The van der Waals surface area contributed by atoms with Gasteiger partial charge in [-0.3, -0.25) is 14.7 Å². The smallest absolute Gasteiger partial charge is 0.252 e. The second-order valence-electron chi connectivity index (χ2n) is 6.72. The third-order valence-electron chi connectivity index (χ3n) is 5.02. The van der Waals surface area contributed by atoms with E-state index >= 15 is 0 Å². The second-order valence-corrected chi connectivity index (χ2v) is 7.76. The molecule has 6 nitrogen and oxygen atoms in total. The van der Waals surface area contributed by atoms with Crippen molar-refractivity contribution in [2.24, 2.45) is 0 Å². The molecule has 0 bridgehead atoms. The van der Waals surface area contributed by atoms with Gasteiger partial charge in [0, 0.05) is 36.5 Å². The number of H-pyrrole nitrogens is 1. The first-order chi connectivity index (χ1) is 12.3. The lowest BCUT2D eigenvalue weighted by Crippen LogP contribution is -2.38. The largest absolute Gasteiger partial charge is 0.378 e. The maximum absolute atomic E-state index is 12.1. The lowest BCUT2D eigenvalue weighted by Gasteiger charge is -2.32. The number of likely N-dealkylation sites (tertiary alicyclic amines) is 1. The normalized spacial score (nSPS) is 20.1. The van der Waals surface area contributed by atoms with E-state index in [1.54, 1.807) is 6.07 Å². The average Bonchev–Trinajstić information content (AvgIpc) is 3.16. The minimum Gasteiger partial charge on any atom is -0.378 e. The number of thiophene rings is 1. The first-order valence-corrected chi connectivity index (χ1v) is 9.84. The van der Waals surface area contributed by atoms with Crippen LogP contribution in [0.2, 0.25) is 0 Å². The third kappa shape index (κ3) is 4.11. The monoisotopic (exact) mass is 360 g/mol. The molecule has 2 aliphatic heterocycles. The highest BCUT2D eigenvalue weighted by atomic mass is 32.1. The molecule has 0 radical (unpaired) electrons. The van der Waals surface area contributed by atoms with E-state index in [4.69, 9.17) is 9.72 Å². The van der Waals surface area contributed by atoms with Crippen LogP contribution < -0.4 is 10.5 Å². The summed E-state index contributed by atoms with van der Waals surface area (Å²) in [6, 6.07) is 5.99. The minimum absolute atomic E-state index is 0.0486. The Hall–Kier alpha value is -1.70. The van der Waals surface area contributed by atoms with Gasteiger partial charge in [0.2, 0.25) is 5.95 Å². The van der Waals surface area contributed by atoms with Crippen molar-refractivity contribution in [2.45, 2.75) is 25.3 Å². The molecular formula is C18H24N4O2S. The quantitative estimate of drug-likeness (QED) is 0.904. The van der Waals surface area contributed by atoms with Crippen LogP contribution in [0.25, 0.3) is 0 Å². The van der Waals surface area contributed by atoms with Crippen molar-refractivity contribution in [3.05, 3.63) is 44.5 Å². The number of nitrogens with zero attached hydrogens (tertiary/aromatic N) is 3. The van der Waals surface area contributed by atoms with Gasteiger partial charge in [-0.2, -0.15) is 0 Å². The summed E-state index contributed by atoms with van der Waals surface area (Å²) in [5.41, 5.74) is 0.897.